The van der Waals surface area contributed by atoms with Crippen LogP contribution in [0.5, 0.6) is 0 Å². The zero-order valence-corrected chi connectivity index (χ0v) is 7.83. The van der Waals surface area contributed by atoms with Crippen molar-refractivity contribution in [2.24, 2.45) is 0 Å². The van der Waals surface area contributed by atoms with Crippen LogP contribution in [-0.2, 0) is 0 Å². The number of hydrogen-bond donors (Lipinski definition) is 1. The van der Waals surface area contributed by atoms with Crippen LogP contribution >= 0.6 is 0 Å². The second kappa shape index (κ2) is 2.73. The Bertz CT molecular complexity index is 461. The van der Waals surface area contributed by atoms with Crippen molar-refractivity contribution in [2.45, 2.75) is 13.8 Å². The van der Waals surface area contributed by atoms with Crippen LogP contribution in [0.2, 0.25) is 0 Å². The Morgan fingerprint density at radius 2 is 1.69 bits per heavy atom. The number of nitrogens with zero attached hydrogens (tertiary/aromatic N) is 1. The molecule has 0 atom stereocenters. The predicted octanol–water partition coefficient (Wildman–Crippen LogP) is 2.43. The van der Waals surface area contributed by atoms with E-state index >= 15 is 0 Å². The molecule has 2 nitrogen and oxygen atoms in total. The first-order valence-electron chi connectivity index (χ1n) is 4.31. The summed E-state index contributed by atoms with van der Waals surface area (Å²) in [7, 11) is 0. The molecule has 0 aliphatic carbocycles. The van der Waals surface area contributed by atoms with E-state index in [1.807, 2.05) is 26.0 Å². The lowest BCUT2D eigenvalue weighted by atomic mass is 10.1. The Labute approximate surface area is 77.4 Å². The fourth-order valence-electron chi connectivity index (χ4n) is 1.59. The van der Waals surface area contributed by atoms with Crippen LogP contribution in [0.4, 0.5) is 5.82 Å². The number of nitrogen functional groups attached to an aromatic ring is 1. The van der Waals surface area contributed by atoms with E-state index in [1.54, 1.807) is 0 Å². The summed E-state index contributed by atoms with van der Waals surface area (Å²) in [5.41, 5.74) is 7.84. The molecule has 1 aromatic heterocycles. The van der Waals surface area contributed by atoms with E-state index in [-0.39, 0.29) is 0 Å². The topological polar surface area (TPSA) is 38.9 Å². The molecule has 0 radical (unpaired) electrons. The van der Waals surface area contributed by atoms with Crippen molar-refractivity contribution in [3.8, 4) is 0 Å². The molecule has 0 unspecified atom stereocenters. The van der Waals surface area contributed by atoms with Crippen LogP contribution < -0.4 is 5.73 Å². The molecule has 0 fully saturated rings. The first-order valence-corrected chi connectivity index (χ1v) is 4.31. The van der Waals surface area contributed by atoms with Gasteiger partial charge in [0.25, 0.3) is 0 Å². The summed E-state index contributed by atoms with van der Waals surface area (Å²) in [6, 6.07) is 8.20. The molecule has 0 saturated carbocycles. The maximum absolute atomic E-state index is 5.78. The zero-order chi connectivity index (χ0) is 9.42. The third-order valence-corrected chi connectivity index (χ3v) is 2.39. The van der Waals surface area contributed by atoms with Gasteiger partial charge >= 0.3 is 0 Å². The maximum atomic E-state index is 5.78. The highest BCUT2D eigenvalue weighted by Gasteiger charge is 2.04. The molecule has 0 bridgehead atoms. The fourth-order valence-corrected chi connectivity index (χ4v) is 1.59. The van der Waals surface area contributed by atoms with Crippen LogP contribution in [-0.4, -0.2) is 4.98 Å². The summed E-state index contributed by atoms with van der Waals surface area (Å²) in [5, 5.41) is 2.39. The number of benzene rings is 1. The predicted molar refractivity (Wildman–Crippen MR) is 55.6 cm³/mol. The SMILES string of the molecule is Cc1nc(N)c(C)c2ccccc12. The molecule has 0 amide bonds. The normalized spacial score (nSPS) is 10.6. The van der Waals surface area contributed by atoms with Crippen molar-refractivity contribution in [3.05, 3.63) is 35.5 Å². The molecule has 2 rings (SSSR count). The maximum Gasteiger partial charge on any atom is 0.127 e. The lowest BCUT2D eigenvalue weighted by molar-refractivity contribution is 1.22. The Kier molecular flexibility index (Phi) is 1.69. The van der Waals surface area contributed by atoms with Crippen molar-refractivity contribution >= 4 is 16.6 Å². The molecule has 2 heteroatoms. The Morgan fingerprint density at radius 1 is 1.08 bits per heavy atom. The van der Waals surface area contributed by atoms with E-state index < -0.39 is 0 Å². The molecule has 13 heavy (non-hydrogen) atoms. The van der Waals surface area contributed by atoms with Gasteiger partial charge in [-0.05, 0) is 24.8 Å². The van der Waals surface area contributed by atoms with Gasteiger partial charge in [-0.1, -0.05) is 24.3 Å². The van der Waals surface area contributed by atoms with Gasteiger partial charge in [0.2, 0.25) is 0 Å². The molecule has 2 aromatic rings. The van der Waals surface area contributed by atoms with Gasteiger partial charge in [0, 0.05) is 11.1 Å². The van der Waals surface area contributed by atoms with Crippen LogP contribution in [0.25, 0.3) is 10.8 Å². The number of fused-ring (bicyclic) bond motifs is 1. The van der Waals surface area contributed by atoms with E-state index in [0.29, 0.717) is 5.82 Å². The van der Waals surface area contributed by atoms with Gasteiger partial charge in [-0.25, -0.2) is 4.98 Å². The van der Waals surface area contributed by atoms with Gasteiger partial charge < -0.3 is 5.73 Å². The molecular formula is C11H12N2. The highest BCUT2D eigenvalue weighted by atomic mass is 14.8. The lowest BCUT2D eigenvalue weighted by Crippen LogP contribution is -1.97. The van der Waals surface area contributed by atoms with E-state index in [4.69, 9.17) is 5.73 Å². The first-order chi connectivity index (χ1) is 6.20. The second-order valence-electron chi connectivity index (χ2n) is 3.25. The number of aromatic nitrogens is 1. The lowest BCUT2D eigenvalue weighted by Gasteiger charge is -2.06. The van der Waals surface area contributed by atoms with Gasteiger partial charge in [-0.2, -0.15) is 0 Å². The smallest absolute Gasteiger partial charge is 0.127 e. The third kappa shape index (κ3) is 1.15. The summed E-state index contributed by atoms with van der Waals surface area (Å²) in [6.07, 6.45) is 0. The molecule has 0 saturated heterocycles. The molecule has 1 heterocycles. The third-order valence-electron chi connectivity index (χ3n) is 2.39. The number of aryl methyl sites for hydroxylation is 2. The monoisotopic (exact) mass is 172 g/mol. The number of anilines is 1. The summed E-state index contributed by atoms with van der Waals surface area (Å²) in [6.45, 7) is 3.99. The van der Waals surface area contributed by atoms with Gasteiger partial charge in [-0.15, -0.1) is 0 Å². The average molecular weight is 172 g/mol. The van der Waals surface area contributed by atoms with E-state index in [1.165, 1.54) is 10.8 Å². The highest BCUT2D eigenvalue weighted by Crippen LogP contribution is 2.23. The number of nitrogens with two attached hydrogens (primary N) is 1. The van der Waals surface area contributed by atoms with Crippen LogP contribution in [0, 0.1) is 13.8 Å². The van der Waals surface area contributed by atoms with Crippen LogP contribution in [0.15, 0.2) is 24.3 Å². The summed E-state index contributed by atoms with van der Waals surface area (Å²) in [5.74, 6) is 0.635. The minimum absolute atomic E-state index is 0.635. The van der Waals surface area contributed by atoms with Crippen molar-refractivity contribution in [1.29, 1.82) is 0 Å². The van der Waals surface area contributed by atoms with Crippen LogP contribution in [0.3, 0.4) is 0 Å². The quantitative estimate of drug-likeness (QED) is 0.662. The molecule has 0 spiro atoms. The van der Waals surface area contributed by atoms with E-state index in [0.717, 1.165) is 11.3 Å². The summed E-state index contributed by atoms with van der Waals surface area (Å²) in [4.78, 5) is 4.28. The van der Waals surface area contributed by atoms with Gasteiger partial charge in [-0.3, -0.25) is 0 Å². The molecule has 66 valence electrons. The van der Waals surface area contributed by atoms with Crippen molar-refractivity contribution in [2.75, 3.05) is 5.73 Å². The molecule has 0 aliphatic heterocycles. The molecule has 1 aromatic carbocycles. The minimum Gasteiger partial charge on any atom is -0.383 e. The number of hydrogen-bond acceptors (Lipinski definition) is 2. The van der Waals surface area contributed by atoms with Crippen LogP contribution in [0.1, 0.15) is 11.3 Å². The zero-order valence-electron chi connectivity index (χ0n) is 7.83. The Hall–Kier alpha value is -1.57. The Balaban J connectivity index is 2.97. The van der Waals surface area contributed by atoms with Gasteiger partial charge in [0.15, 0.2) is 0 Å². The van der Waals surface area contributed by atoms with Gasteiger partial charge in [0.05, 0.1) is 0 Å². The fraction of sp³-hybridized carbons (Fsp3) is 0.182. The van der Waals surface area contributed by atoms with Gasteiger partial charge in [0.1, 0.15) is 5.82 Å². The number of rotatable bonds is 0. The second-order valence-corrected chi connectivity index (χ2v) is 3.25. The largest absolute Gasteiger partial charge is 0.383 e. The molecule has 0 aliphatic rings. The standard InChI is InChI=1S/C11H12N2/c1-7-9-5-3-4-6-10(9)8(2)13-11(7)12/h3-6H,1-2H3,(H2,12,13). The molecule has 2 N–H and O–H groups in total. The summed E-state index contributed by atoms with van der Waals surface area (Å²) >= 11 is 0. The highest BCUT2D eigenvalue weighted by molar-refractivity contribution is 5.89. The summed E-state index contributed by atoms with van der Waals surface area (Å²) < 4.78 is 0. The first kappa shape index (κ1) is 8.05. The van der Waals surface area contributed by atoms with E-state index in [9.17, 15) is 0 Å². The van der Waals surface area contributed by atoms with E-state index in [2.05, 4.69) is 17.1 Å². The average Bonchev–Trinajstić information content (AvgIpc) is 2.15. The van der Waals surface area contributed by atoms with Crippen molar-refractivity contribution < 1.29 is 0 Å². The van der Waals surface area contributed by atoms with Crippen molar-refractivity contribution in [3.63, 3.8) is 0 Å². The Morgan fingerprint density at radius 3 is 2.38 bits per heavy atom. The van der Waals surface area contributed by atoms with Crippen molar-refractivity contribution in [1.82, 2.24) is 4.98 Å². The minimum atomic E-state index is 0.635. The molecular weight excluding hydrogens is 160 g/mol. The number of pyridine rings is 1.